The lowest BCUT2D eigenvalue weighted by atomic mass is 9.73. The van der Waals surface area contributed by atoms with Crippen LogP contribution in [0.5, 0.6) is 0 Å². The van der Waals surface area contributed by atoms with Gasteiger partial charge in [-0.3, -0.25) is 4.79 Å². The summed E-state index contributed by atoms with van der Waals surface area (Å²) in [7, 11) is 0. The Hall–Kier alpha value is -3.39. The average molecular weight is 402 g/mol. The van der Waals surface area contributed by atoms with Crippen LogP contribution in [0.15, 0.2) is 60.1 Å². The molecule has 8 heteroatoms. The summed E-state index contributed by atoms with van der Waals surface area (Å²) in [6, 6.07) is 16.3. The van der Waals surface area contributed by atoms with Crippen molar-refractivity contribution in [2.75, 3.05) is 5.32 Å². The molecule has 0 bridgehead atoms. The van der Waals surface area contributed by atoms with E-state index in [1.807, 2.05) is 36.6 Å². The van der Waals surface area contributed by atoms with E-state index in [-0.39, 0.29) is 11.8 Å². The number of nitrogens with zero attached hydrogens (tertiary/aromatic N) is 4. The smallest absolute Gasteiger partial charge is 0.233 e. The fraction of sp³-hybridized carbons (Fsp3) is 0.190. The number of rotatable bonds is 4. The fourth-order valence-corrected chi connectivity index (χ4v) is 4.75. The maximum Gasteiger partial charge on any atom is 0.233 e. The van der Waals surface area contributed by atoms with E-state index in [0.717, 1.165) is 22.3 Å². The molecule has 0 unspecified atom stereocenters. The van der Waals surface area contributed by atoms with Crippen LogP contribution in [0, 0.1) is 5.41 Å². The molecule has 2 N–H and O–H groups in total. The van der Waals surface area contributed by atoms with Crippen LogP contribution in [-0.4, -0.2) is 31.5 Å². The van der Waals surface area contributed by atoms with Crippen molar-refractivity contribution in [2.45, 2.75) is 19.3 Å². The highest BCUT2D eigenvalue weighted by Crippen LogP contribution is 2.52. The van der Waals surface area contributed by atoms with E-state index in [0.29, 0.717) is 17.4 Å². The Bertz CT molecular complexity index is 1140. The molecule has 0 saturated heterocycles. The van der Waals surface area contributed by atoms with Crippen LogP contribution in [0.4, 0.5) is 5.13 Å². The van der Waals surface area contributed by atoms with Gasteiger partial charge in [-0.25, -0.2) is 10.1 Å². The molecule has 2 atom stereocenters. The van der Waals surface area contributed by atoms with Gasteiger partial charge in [-0.15, -0.1) is 16.4 Å². The van der Waals surface area contributed by atoms with Gasteiger partial charge in [-0.2, -0.15) is 0 Å². The predicted molar refractivity (Wildman–Crippen MR) is 110 cm³/mol. The van der Waals surface area contributed by atoms with E-state index < -0.39 is 5.41 Å². The maximum absolute atomic E-state index is 13.4. The standard InChI is InChI=1S/C21H18N6OS/c1-21(19(28)23-20-22-9-10-29-20)12-15-8-7-14(18-24-26-27-25-18)11-16(15)17(21)13-5-3-2-4-6-13/h2-11,17H,12H2,1H3,(H,22,23,28)(H,24,25,26,27)/t17-,21+/m1/s1. The SMILES string of the molecule is C[C@]1(C(=O)Nc2nccs2)Cc2ccc(-c3nnn[nH]3)cc2[C@H]1c1ccccc1. The third-order valence-electron chi connectivity index (χ3n) is 5.57. The summed E-state index contributed by atoms with van der Waals surface area (Å²) in [4.78, 5) is 17.6. The molecule has 0 fully saturated rings. The molecule has 1 aliphatic rings. The molecular formula is C21H18N6OS. The molecule has 7 nitrogen and oxygen atoms in total. The first-order valence-electron chi connectivity index (χ1n) is 9.28. The van der Waals surface area contributed by atoms with Crippen LogP contribution in [0.2, 0.25) is 0 Å². The topological polar surface area (TPSA) is 96.5 Å². The summed E-state index contributed by atoms with van der Waals surface area (Å²) in [5.41, 5.74) is 3.65. The molecule has 0 saturated carbocycles. The Balaban J connectivity index is 1.61. The number of benzene rings is 2. The van der Waals surface area contributed by atoms with Crippen molar-refractivity contribution in [3.05, 3.63) is 76.8 Å². The molecule has 144 valence electrons. The Morgan fingerprint density at radius 1 is 1.24 bits per heavy atom. The zero-order valence-electron chi connectivity index (χ0n) is 15.7. The van der Waals surface area contributed by atoms with Gasteiger partial charge in [0.05, 0.1) is 5.41 Å². The number of anilines is 1. The van der Waals surface area contributed by atoms with Gasteiger partial charge in [0.2, 0.25) is 5.91 Å². The van der Waals surface area contributed by atoms with Gasteiger partial charge in [0, 0.05) is 23.1 Å². The molecule has 0 radical (unpaired) electrons. The van der Waals surface area contributed by atoms with Gasteiger partial charge in [0.25, 0.3) is 0 Å². The first-order valence-corrected chi connectivity index (χ1v) is 10.2. The van der Waals surface area contributed by atoms with Gasteiger partial charge in [0.1, 0.15) is 0 Å². The third kappa shape index (κ3) is 3.01. The second-order valence-electron chi connectivity index (χ2n) is 7.39. The highest BCUT2D eigenvalue weighted by Gasteiger charge is 2.49. The number of amides is 1. The van der Waals surface area contributed by atoms with Crippen molar-refractivity contribution in [1.82, 2.24) is 25.6 Å². The maximum atomic E-state index is 13.4. The molecule has 0 aliphatic heterocycles. The number of aromatic nitrogens is 5. The van der Waals surface area contributed by atoms with Crippen molar-refractivity contribution >= 4 is 22.4 Å². The monoisotopic (exact) mass is 402 g/mol. The number of H-pyrrole nitrogens is 1. The van der Waals surface area contributed by atoms with Crippen LogP contribution in [0.25, 0.3) is 11.4 Å². The number of carbonyl (C=O) groups is 1. The summed E-state index contributed by atoms with van der Waals surface area (Å²) < 4.78 is 0. The summed E-state index contributed by atoms with van der Waals surface area (Å²) in [5.74, 6) is 0.496. The van der Waals surface area contributed by atoms with Gasteiger partial charge in [0.15, 0.2) is 11.0 Å². The Labute approximate surface area is 171 Å². The summed E-state index contributed by atoms with van der Waals surface area (Å²) in [6.07, 6.45) is 2.34. The van der Waals surface area contributed by atoms with E-state index >= 15 is 0 Å². The first kappa shape index (κ1) is 17.7. The van der Waals surface area contributed by atoms with Crippen LogP contribution >= 0.6 is 11.3 Å². The average Bonchev–Trinajstić information content (AvgIpc) is 3.48. The fourth-order valence-electron chi connectivity index (χ4n) is 4.22. The highest BCUT2D eigenvalue weighted by atomic mass is 32.1. The molecule has 1 aliphatic carbocycles. The largest absolute Gasteiger partial charge is 0.301 e. The quantitative estimate of drug-likeness (QED) is 0.543. The third-order valence-corrected chi connectivity index (χ3v) is 6.26. The first-order chi connectivity index (χ1) is 14.1. The van der Waals surface area contributed by atoms with Gasteiger partial charge in [-0.05, 0) is 46.5 Å². The lowest BCUT2D eigenvalue weighted by molar-refractivity contribution is -0.125. The second kappa shape index (κ2) is 6.89. The van der Waals surface area contributed by atoms with Crippen LogP contribution in [0.3, 0.4) is 0 Å². The molecule has 2 aromatic heterocycles. The Morgan fingerprint density at radius 3 is 2.83 bits per heavy atom. The van der Waals surface area contributed by atoms with Crippen molar-refractivity contribution in [1.29, 1.82) is 0 Å². The second-order valence-corrected chi connectivity index (χ2v) is 8.29. The summed E-state index contributed by atoms with van der Waals surface area (Å²) >= 11 is 1.42. The minimum atomic E-state index is -0.645. The van der Waals surface area contributed by atoms with Crippen molar-refractivity contribution < 1.29 is 4.79 Å². The zero-order valence-corrected chi connectivity index (χ0v) is 16.5. The molecule has 2 aromatic carbocycles. The summed E-state index contributed by atoms with van der Waals surface area (Å²) in [5, 5.41) is 19.7. The number of thiazole rings is 1. The molecule has 29 heavy (non-hydrogen) atoms. The molecule has 2 heterocycles. The van der Waals surface area contributed by atoms with Crippen molar-refractivity contribution in [2.24, 2.45) is 5.41 Å². The van der Waals surface area contributed by atoms with Gasteiger partial charge < -0.3 is 5.32 Å². The lowest BCUT2D eigenvalue weighted by Crippen LogP contribution is -2.37. The number of tetrazole rings is 1. The molecule has 1 amide bonds. The minimum absolute atomic E-state index is 0.0274. The molecule has 5 rings (SSSR count). The van der Waals surface area contributed by atoms with Gasteiger partial charge in [-0.1, -0.05) is 42.5 Å². The van der Waals surface area contributed by atoms with Crippen LogP contribution in [-0.2, 0) is 11.2 Å². The number of hydrogen-bond acceptors (Lipinski definition) is 6. The van der Waals surface area contributed by atoms with Crippen molar-refractivity contribution in [3.63, 3.8) is 0 Å². The van der Waals surface area contributed by atoms with E-state index in [9.17, 15) is 4.79 Å². The Morgan fingerprint density at radius 2 is 2.10 bits per heavy atom. The van der Waals surface area contributed by atoms with E-state index in [2.05, 4.69) is 55.2 Å². The lowest BCUT2D eigenvalue weighted by Gasteiger charge is -2.31. The molecule has 0 spiro atoms. The van der Waals surface area contributed by atoms with Gasteiger partial charge >= 0.3 is 0 Å². The van der Waals surface area contributed by atoms with E-state index in [1.54, 1.807) is 6.20 Å². The number of aromatic amines is 1. The van der Waals surface area contributed by atoms with E-state index in [1.165, 1.54) is 11.3 Å². The summed E-state index contributed by atoms with van der Waals surface area (Å²) in [6.45, 7) is 2.03. The molecular weight excluding hydrogens is 384 g/mol. The minimum Gasteiger partial charge on any atom is -0.301 e. The Kier molecular flexibility index (Phi) is 4.21. The van der Waals surface area contributed by atoms with Crippen LogP contribution in [0.1, 0.15) is 29.5 Å². The zero-order chi connectivity index (χ0) is 19.8. The number of hydrogen-bond donors (Lipinski definition) is 2. The van der Waals surface area contributed by atoms with E-state index in [4.69, 9.17) is 0 Å². The molecule has 4 aromatic rings. The van der Waals surface area contributed by atoms with Crippen LogP contribution < -0.4 is 5.32 Å². The number of carbonyl (C=O) groups excluding carboxylic acids is 1. The number of fused-ring (bicyclic) bond motifs is 1. The highest BCUT2D eigenvalue weighted by molar-refractivity contribution is 7.13. The van der Waals surface area contributed by atoms with Crippen molar-refractivity contribution in [3.8, 4) is 11.4 Å². The normalized spacial score (nSPS) is 20.4. The predicted octanol–water partition coefficient (Wildman–Crippen LogP) is 3.66. The number of nitrogens with one attached hydrogen (secondary N) is 2.